The lowest BCUT2D eigenvalue weighted by atomic mass is 10.2. The van der Waals surface area contributed by atoms with Crippen LogP contribution >= 0.6 is 0 Å². The van der Waals surface area contributed by atoms with Gasteiger partial charge >= 0.3 is 5.69 Å². The van der Waals surface area contributed by atoms with E-state index >= 15 is 0 Å². The second-order valence-electron chi connectivity index (χ2n) is 2.55. The molecule has 0 saturated heterocycles. The molecule has 0 N–H and O–H groups in total. The Morgan fingerprint density at radius 1 is 1.54 bits per heavy atom. The van der Waals surface area contributed by atoms with Gasteiger partial charge in [0.1, 0.15) is 0 Å². The van der Waals surface area contributed by atoms with Gasteiger partial charge in [0.05, 0.1) is 12.0 Å². The van der Waals surface area contributed by atoms with E-state index in [-0.39, 0.29) is 5.75 Å². The minimum absolute atomic E-state index is 0.0532. The summed E-state index contributed by atoms with van der Waals surface area (Å²) in [6.45, 7) is 1.63. The van der Waals surface area contributed by atoms with Gasteiger partial charge < -0.3 is 4.74 Å². The van der Waals surface area contributed by atoms with E-state index in [9.17, 15) is 14.5 Å². The average molecular weight is 185 g/mol. The summed E-state index contributed by atoms with van der Waals surface area (Å²) >= 11 is 0. The van der Waals surface area contributed by atoms with E-state index in [1.165, 1.54) is 13.2 Å². The number of methoxy groups -OCH3 is 1. The fraction of sp³-hybridized carbons (Fsp3) is 0.250. The summed E-state index contributed by atoms with van der Waals surface area (Å²) in [7, 11) is 1.27. The van der Waals surface area contributed by atoms with E-state index in [0.717, 1.165) is 6.07 Å². The minimum Gasteiger partial charge on any atom is -0.490 e. The molecule has 0 aliphatic rings. The van der Waals surface area contributed by atoms with Crippen molar-refractivity contribution in [3.05, 3.63) is 33.6 Å². The van der Waals surface area contributed by atoms with Gasteiger partial charge in [-0.15, -0.1) is 0 Å². The Labute approximate surface area is 74.1 Å². The summed E-state index contributed by atoms with van der Waals surface area (Å²) in [5.74, 6) is -0.927. The molecule has 0 fully saturated rings. The molecule has 4 nitrogen and oxygen atoms in total. The van der Waals surface area contributed by atoms with Crippen molar-refractivity contribution < 1.29 is 14.1 Å². The molecule has 0 bridgehead atoms. The van der Waals surface area contributed by atoms with Gasteiger partial charge in [-0.25, -0.2) is 0 Å². The number of aryl methyl sites for hydroxylation is 1. The standard InChI is InChI=1S/C8H8FNO3/c1-5-3-6(9)8(10(11)12)7(4-5)13-2/h3-4H,1-2H3. The molecule has 0 aliphatic carbocycles. The van der Waals surface area contributed by atoms with Gasteiger partial charge in [-0.05, 0) is 24.6 Å². The zero-order valence-corrected chi connectivity index (χ0v) is 7.20. The Kier molecular flexibility index (Phi) is 2.46. The van der Waals surface area contributed by atoms with Crippen LogP contribution in [0.5, 0.6) is 5.75 Å². The molecule has 5 heteroatoms. The smallest absolute Gasteiger partial charge is 0.346 e. The van der Waals surface area contributed by atoms with Crippen molar-refractivity contribution in [2.24, 2.45) is 0 Å². The largest absolute Gasteiger partial charge is 0.490 e. The van der Waals surface area contributed by atoms with Gasteiger partial charge in [0.15, 0.2) is 5.75 Å². The fourth-order valence-corrected chi connectivity index (χ4v) is 1.04. The number of nitro groups is 1. The molecular weight excluding hydrogens is 177 g/mol. The van der Waals surface area contributed by atoms with E-state index in [2.05, 4.69) is 4.74 Å². The van der Waals surface area contributed by atoms with E-state index in [1.54, 1.807) is 6.92 Å². The maximum absolute atomic E-state index is 13.0. The summed E-state index contributed by atoms with van der Waals surface area (Å²) in [5, 5.41) is 10.4. The van der Waals surface area contributed by atoms with Crippen molar-refractivity contribution in [2.75, 3.05) is 7.11 Å². The van der Waals surface area contributed by atoms with Crippen molar-refractivity contribution in [3.8, 4) is 5.75 Å². The Morgan fingerprint density at radius 2 is 2.15 bits per heavy atom. The number of nitrogens with zero attached hydrogens (tertiary/aromatic N) is 1. The van der Waals surface area contributed by atoms with Gasteiger partial charge in [0, 0.05) is 0 Å². The third-order valence-corrected chi connectivity index (χ3v) is 1.58. The summed E-state index contributed by atoms with van der Waals surface area (Å²) in [4.78, 5) is 9.60. The maximum Gasteiger partial charge on any atom is 0.346 e. The number of halogens is 1. The molecule has 0 heterocycles. The highest BCUT2D eigenvalue weighted by molar-refractivity contribution is 5.49. The lowest BCUT2D eigenvalue weighted by Crippen LogP contribution is -1.97. The van der Waals surface area contributed by atoms with Gasteiger partial charge in [-0.2, -0.15) is 4.39 Å². The van der Waals surface area contributed by atoms with Gasteiger partial charge in [-0.1, -0.05) is 0 Å². The Hall–Kier alpha value is -1.65. The Bertz CT molecular complexity index is 351. The highest BCUT2D eigenvalue weighted by Crippen LogP contribution is 2.30. The third-order valence-electron chi connectivity index (χ3n) is 1.58. The number of nitro benzene ring substituents is 1. The number of hydrogen-bond acceptors (Lipinski definition) is 3. The first-order valence-electron chi connectivity index (χ1n) is 3.54. The van der Waals surface area contributed by atoms with Crippen LogP contribution in [0, 0.1) is 22.9 Å². The quantitative estimate of drug-likeness (QED) is 0.523. The number of benzene rings is 1. The van der Waals surface area contributed by atoms with E-state index in [0.29, 0.717) is 5.56 Å². The second kappa shape index (κ2) is 3.38. The molecule has 0 aromatic heterocycles. The topological polar surface area (TPSA) is 52.4 Å². The second-order valence-corrected chi connectivity index (χ2v) is 2.55. The van der Waals surface area contributed by atoms with Gasteiger partial charge in [0.25, 0.3) is 0 Å². The highest BCUT2D eigenvalue weighted by atomic mass is 19.1. The Balaban J connectivity index is 3.38. The van der Waals surface area contributed by atoms with Gasteiger partial charge in [0.2, 0.25) is 5.82 Å². The predicted octanol–water partition coefficient (Wildman–Crippen LogP) is 2.05. The molecule has 0 radical (unpaired) electrons. The van der Waals surface area contributed by atoms with E-state index < -0.39 is 16.4 Å². The molecule has 0 atom stereocenters. The lowest BCUT2D eigenvalue weighted by Gasteiger charge is -2.02. The normalized spacial score (nSPS) is 9.77. The zero-order valence-electron chi connectivity index (χ0n) is 7.20. The molecule has 0 unspecified atom stereocenters. The van der Waals surface area contributed by atoms with E-state index in [4.69, 9.17) is 0 Å². The van der Waals surface area contributed by atoms with Crippen molar-refractivity contribution in [2.45, 2.75) is 6.92 Å². The first-order chi connectivity index (χ1) is 6.06. The third kappa shape index (κ3) is 1.74. The van der Waals surface area contributed by atoms with Crippen molar-refractivity contribution >= 4 is 5.69 Å². The maximum atomic E-state index is 13.0. The van der Waals surface area contributed by atoms with Crippen LogP contribution in [-0.2, 0) is 0 Å². The molecule has 70 valence electrons. The highest BCUT2D eigenvalue weighted by Gasteiger charge is 2.21. The molecule has 0 amide bonds. The first kappa shape index (κ1) is 9.44. The number of rotatable bonds is 2. The van der Waals surface area contributed by atoms with Crippen molar-refractivity contribution in [1.82, 2.24) is 0 Å². The fourth-order valence-electron chi connectivity index (χ4n) is 1.04. The molecule has 1 aromatic carbocycles. The SMILES string of the molecule is COc1cc(C)cc(F)c1[N+](=O)[O-]. The van der Waals surface area contributed by atoms with E-state index in [1.807, 2.05) is 0 Å². The molecule has 0 aliphatic heterocycles. The summed E-state index contributed by atoms with van der Waals surface area (Å²) in [6, 6.07) is 2.52. The molecule has 0 saturated carbocycles. The Morgan fingerprint density at radius 3 is 2.62 bits per heavy atom. The lowest BCUT2D eigenvalue weighted by molar-refractivity contribution is -0.388. The molecule has 1 aromatic rings. The molecular formula is C8H8FNO3. The monoisotopic (exact) mass is 185 g/mol. The van der Waals surface area contributed by atoms with Crippen LogP contribution in [0.3, 0.4) is 0 Å². The summed E-state index contributed by atoms with van der Waals surface area (Å²) in [6.07, 6.45) is 0. The van der Waals surface area contributed by atoms with Crippen LogP contribution in [0.25, 0.3) is 0 Å². The number of hydrogen-bond donors (Lipinski definition) is 0. The molecule has 0 spiro atoms. The first-order valence-corrected chi connectivity index (χ1v) is 3.54. The summed E-state index contributed by atoms with van der Waals surface area (Å²) < 4.78 is 17.7. The molecule has 1 rings (SSSR count). The van der Waals surface area contributed by atoms with Crippen molar-refractivity contribution in [1.29, 1.82) is 0 Å². The van der Waals surface area contributed by atoms with Crippen LogP contribution in [0.4, 0.5) is 10.1 Å². The molecule has 13 heavy (non-hydrogen) atoms. The minimum atomic E-state index is -0.873. The van der Waals surface area contributed by atoms with Crippen LogP contribution in [0.15, 0.2) is 12.1 Å². The van der Waals surface area contributed by atoms with Gasteiger partial charge in [-0.3, -0.25) is 10.1 Å². The van der Waals surface area contributed by atoms with Crippen LogP contribution in [0.2, 0.25) is 0 Å². The number of ether oxygens (including phenoxy) is 1. The zero-order chi connectivity index (χ0) is 10.0. The van der Waals surface area contributed by atoms with Crippen molar-refractivity contribution in [3.63, 3.8) is 0 Å². The summed E-state index contributed by atoms with van der Waals surface area (Å²) in [5.41, 5.74) is -0.0342. The predicted molar refractivity (Wildman–Crippen MR) is 44.3 cm³/mol. The van der Waals surface area contributed by atoms with Crippen LogP contribution in [-0.4, -0.2) is 12.0 Å². The van der Waals surface area contributed by atoms with Crippen LogP contribution in [0.1, 0.15) is 5.56 Å². The average Bonchev–Trinajstić information content (AvgIpc) is 2.01. The van der Waals surface area contributed by atoms with Crippen LogP contribution < -0.4 is 4.74 Å².